The van der Waals surface area contributed by atoms with E-state index in [1.165, 1.54) is 6.92 Å². The number of hydrogen-bond acceptors (Lipinski definition) is 3. The van der Waals surface area contributed by atoms with Gasteiger partial charge in [0.2, 0.25) is 0 Å². The lowest BCUT2D eigenvalue weighted by molar-refractivity contribution is -0.121. The Bertz CT molecular complexity index is 184. The summed E-state index contributed by atoms with van der Waals surface area (Å²) in [4.78, 5) is 21.1. The standard InChI is InChI=1S/C6H10N2O2/c1-3(6(8)10)5(9)4(2)7/h4H,1,7H2,2H3,(H2,8,10)/t4-/m0/s1. The summed E-state index contributed by atoms with van der Waals surface area (Å²) in [5.74, 6) is -1.32. The predicted octanol–water partition coefficient (Wildman–Crippen LogP) is -1.06. The summed E-state index contributed by atoms with van der Waals surface area (Å²) in [7, 11) is 0. The van der Waals surface area contributed by atoms with Crippen molar-refractivity contribution in [2.45, 2.75) is 13.0 Å². The summed E-state index contributed by atoms with van der Waals surface area (Å²) < 4.78 is 0. The van der Waals surface area contributed by atoms with E-state index < -0.39 is 17.7 Å². The average Bonchev–Trinajstić information content (AvgIpc) is 1.84. The minimum atomic E-state index is -0.817. The monoisotopic (exact) mass is 142 g/mol. The number of carbonyl (C=O) groups excluding carboxylic acids is 2. The van der Waals surface area contributed by atoms with Crippen LogP contribution in [0, 0.1) is 0 Å². The van der Waals surface area contributed by atoms with Crippen LogP contribution in [0.2, 0.25) is 0 Å². The van der Waals surface area contributed by atoms with Crippen LogP contribution in [-0.4, -0.2) is 17.7 Å². The van der Waals surface area contributed by atoms with E-state index in [2.05, 4.69) is 6.58 Å². The highest BCUT2D eigenvalue weighted by Crippen LogP contribution is 1.93. The second-order valence-electron chi connectivity index (χ2n) is 2.00. The molecular weight excluding hydrogens is 132 g/mol. The van der Waals surface area contributed by atoms with Gasteiger partial charge in [0.1, 0.15) is 0 Å². The maximum atomic E-state index is 10.8. The first-order valence-electron chi connectivity index (χ1n) is 2.75. The first-order valence-corrected chi connectivity index (χ1v) is 2.75. The largest absolute Gasteiger partial charge is 0.366 e. The molecule has 4 nitrogen and oxygen atoms in total. The highest BCUT2D eigenvalue weighted by Gasteiger charge is 2.15. The van der Waals surface area contributed by atoms with Crippen LogP contribution in [0.15, 0.2) is 12.2 Å². The van der Waals surface area contributed by atoms with Crippen molar-refractivity contribution in [1.82, 2.24) is 0 Å². The van der Waals surface area contributed by atoms with Gasteiger partial charge in [-0.05, 0) is 6.92 Å². The summed E-state index contributed by atoms with van der Waals surface area (Å²) in [6, 6.07) is -0.708. The van der Waals surface area contributed by atoms with Crippen molar-refractivity contribution in [2.24, 2.45) is 11.5 Å². The number of hydrogen-bond donors (Lipinski definition) is 2. The molecule has 0 aromatic heterocycles. The molecule has 0 saturated carbocycles. The molecule has 0 aromatic rings. The highest BCUT2D eigenvalue weighted by molar-refractivity contribution is 6.19. The third-order valence-electron chi connectivity index (χ3n) is 1.01. The van der Waals surface area contributed by atoms with E-state index in [-0.39, 0.29) is 5.57 Å². The lowest BCUT2D eigenvalue weighted by atomic mass is 10.1. The Balaban J connectivity index is 4.24. The van der Waals surface area contributed by atoms with Crippen molar-refractivity contribution in [3.63, 3.8) is 0 Å². The summed E-state index contributed by atoms with van der Waals surface area (Å²) in [5.41, 5.74) is 9.68. The van der Waals surface area contributed by atoms with Crippen LogP contribution in [0.3, 0.4) is 0 Å². The Morgan fingerprint density at radius 2 is 1.90 bits per heavy atom. The Morgan fingerprint density at radius 3 is 2.00 bits per heavy atom. The number of carbonyl (C=O) groups is 2. The van der Waals surface area contributed by atoms with Crippen molar-refractivity contribution in [2.75, 3.05) is 0 Å². The van der Waals surface area contributed by atoms with Crippen LogP contribution in [0.1, 0.15) is 6.92 Å². The van der Waals surface area contributed by atoms with E-state index in [1.54, 1.807) is 0 Å². The number of primary amides is 1. The molecule has 0 spiro atoms. The van der Waals surface area contributed by atoms with Crippen molar-refractivity contribution in [3.05, 3.63) is 12.2 Å². The van der Waals surface area contributed by atoms with E-state index in [4.69, 9.17) is 11.5 Å². The van der Waals surface area contributed by atoms with E-state index in [0.717, 1.165) is 0 Å². The first-order chi connectivity index (χ1) is 4.46. The molecule has 0 aliphatic rings. The topological polar surface area (TPSA) is 86.2 Å². The SMILES string of the molecule is C=C(C(N)=O)C(=O)[C@H](C)N. The zero-order valence-corrected chi connectivity index (χ0v) is 5.76. The molecule has 0 aliphatic heterocycles. The molecule has 0 radical (unpaired) electrons. The smallest absolute Gasteiger partial charge is 0.251 e. The lowest BCUT2D eigenvalue weighted by Crippen LogP contribution is -2.32. The minimum absolute atomic E-state index is 0.241. The molecule has 0 saturated heterocycles. The molecule has 10 heavy (non-hydrogen) atoms. The number of amides is 1. The van der Waals surface area contributed by atoms with Crippen molar-refractivity contribution >= 4 is 11.7 Å². The molecule has 4 N–H and O–H groups in total. The third-order valence-corrected chi connectivity index (χ3v) is 1.01. The van der Waals surface area contributed by atoms with Crippen LogP contribution in [0.5, 0.6) is 0 Å². The van der Waals surface area contributed by atoms with Crippen LogP contribution < -0.4 is 11.5 Å². The van der Waals surface area contributed by atoms with E-state index in [1.807, 2.05) is 0 Å². The van der Waals surface area contributed by atoms with Gasteiger partial charge in [-0.25, -0.2) is 0 Å². The molecule has 0 rings (SSSR count). The van der Waals surface area contributed by atoms with E-state index in [0.29, 0.717) is 0 Å². The lowest BCUT2D eigenvalue weighted by Gasteiger charge is -2.02. The van der Waals surface area contributed by atoms with Crippen LogP contribution in [-0.2, 0) is 9.59 Å². The van der Waals surface area contributed by atoms with Crippen LogP contribution >= 0.6 is 0 Å². The summed E-state index contributed by atoms with van der Waals surface area (Å²) >= 11 is 0. The first kappa shape index (κ1) is 8.84. The molecule has 0 unspecified atom stereocenters. The minimum Gasteiger partial charge on any atom is -0.366 e. The third kappa shape index (κ3) is 1.99. The molecule has 0 fully saturated rings. The quantitative estimate of drug-likeness (QED) is 0.299. The molecule has 0 aliphatic carbocycles. The molecule has 0 heterocycles. The molecule has 1 atom stereocenters. The van der Waals surface area contributed by atoms with Gasteiger partial charge in [0.15, 0.2) is 5.78 Å². The zero-order valence-electron chi connectivity index (χ0n) is 5.76. The molecule has 0 aromatic carbocycles. The number of ketones is 1. The Morgan fingerprint density at radius 1 is 1.50 bits per heavy atom. The van der Waals surface area contributed by atoms with Crippen LogP contribution in [0.4, 0.5) is 0 Å². The average molecular weight is 142 g/mol. The maximum absolute atomic E-state index is 10.8. The van der Waals surface area contributed by atoms with Crippen molar-refractivity contribution in [1.29, 1.82) is 0 Å². The summed E-state index contributed by atoms with van der Waals surface area (Å²) in [6.07, 6.45) is 0. The van der Waals surface area contributed by atoms with Gasteiger partial charge in [0.05, 0.1) is 11.6 Å². The van der Waals surface area contributed by atoms with Gasteiger partial charge < -0.3 is 11.5 Å². The molecule has 4 heteroatoms. The second kappa shape index (κ2) is 3.12. The Hall–Kier alpha value is -1.16. The Kier molecular flexibility index (Phi) is 2.76. The summed E-state index contributed by atoms with van der Waals surface area (Å²) in [6.45, 7) is 4.64. The van der Waals surface area contributed by atoms with Gasteiger partial charge in [-0.15, -0.1) is 0 Å². The predicted molar refractivity (Wildman–Crippen MR) is 37.0 cm³/mol. The van der Waals surface area contributed by atoms with Crippen molar-refractivity contribution in [3.8, 4) is 0 Å². The molecular formula is C6H10N2O2. The van der Waals surface area contributed by atoms with Crippen LogP contribution in [0.25, 0.3) is 0 Å². The highest BCUT2D eigenvalue weighted by atomic mass is 16.2. The fourth-order valence-corrected chi connectivity index (χ4v) is 0.396. The van der Waals surface area contributed by atoms with Crippen molar-refractivity contribution < 1.29 is 9.59 Å². The molecule has 1 amide bonds. The number of rotatable bonds is 3. The number of Topliss-reactive ketones (excluding diaryl/α,β-unsaturated/α-hetero) is 1. The van der Waals surface area contributed by atoms with Gasteiger partial charge in [0.25, 0.3) is 5.91 Å². The Labute approximate surface area is 58.9 Å². The molecule has 56 valence electrons. The van der Waals surface area contributed by atoms with Gasteiger partial charge in [-0.2, -0.15) is 0 Å². The fourth-order valence-electron chi connectivity index (χ4n) is 0.396. The van der Waals surface area contributed by atoms with Gasteiger partial charge in [0, 0.05) is 0 Å². The van der Waals surface area contributed by atoms with E-state index in [9.17, 15) is 9.59 Å². The molecule has 0 bridgehead atoms. The van der Waals surface area contributed by atoms with Gasteiger partial charge in [-0.3, -0.25) is 9.59 Å². The second-order valence-corrected chi connectivity index (χ2v) is 2.00. The summed E-state index contributed by atoms with van der Waals surface area (Å²) in [5, 5.41) is 0. The van der Waals surface area contributed by atoms with E-state index >= 15 is 0 Å². The zero-order chi connectivity index (χ0) is 8.31. The van der Waals surface area contributed by atoms with Gasteiger partial charge in [-0.1, -0.05) is 6.58 Å². The number of nitrogens with two attached hydrogens (primary N) is 2. The normalized spacial score (nSPS) is 12.2. The fraction of sp³-hybridized carbons (Fsp3) is 0.333. The van der Waals surface area contributed by atoms with Gasteiger partial charge >= 0.3 is 0 Å². The maximum Gasteiger partial charge on any atom is 0.251 e.